The van der Waals surface area contributed by atoms with Crippen LogP contribution in [0, 0.1) is 0 Å². The Labute approximate surface area is 115 Å². The molecule has 10 heteroatoms. The van der Waals surface area contributed by atoms with Gasteiger partial charge in [0.25, 0.3) is 11.5 Å². The quantitative estimate of drug-likeness (QED) is 0.584. The first kappa shape index (κ1) is 12.2. The number of carbonyl (C=O) groups excluding carboxylic acids is 1. The van der Waals surface area contributed by atoms with Gasteiger partial charge in [0.05, 0.1) is 12.5 Å². The summed E-state index contributed by atoms with van der Waals surface area (Å²) < 4.78 is 0. The maximum atomic E-state index is 11.9. The maximum Gasteiger partial charge on any atom is 0.278 e. The molecular weight excluding hydrogens is 286 g/mol. The number of nitrogens with one attached hydrogen (secondary N) is 3. The highest BCUT2D eigenvalue weighted by molar-refractivity contribution is 6.33. The summed E-state index contributed by atoms with van der Waals surface area (Å²) in [6.07, 6.45) is 3.60. The second-order valence-corrected chi connectivity index (χ2v) is 4.05. The summed E-state index contributed by atoms with van der Waals surface area (Å²) in [5, 5.41) is 2.55. The van der Waals surface area contributed by atoms with Gasteiger partial charge < -0.3 is 9.97 Å². The standard InChI is InChI=1S/C10H6ClN7O2/c11-7-6-8(15-3-14-6)17-10(16-7)18-9(20)4-1-13-5(19)2-12-4/h1-3H,(H,13,19)(H2,14,15,16,17,18,20). The number of carbonyl (C=O) groups is 1. The summed E-state index contributed by atoms with van der Waals surface area (Å²) >= 11 is 5.92. The molecule has 9 nitrogen and oxygen atoms in total. The highest BCUT2D eigenvalue weighted by Gasteiger charge is 2.12. The molecule has 0 aromatic carbocycles. The Hall–Kier alpha value is -2.81. The molecule has 3 rings (SSSR count). The van der Waals surface area contributed by atoms with Crippen molar-refractivity contribution < 1.29 is 4.79 Å². The summed E-state index contributed by atoms with van der Waals surface area (Å²) in [6, 6.07) is 0. The summed E-state index contributed by atoms with van der Waals surface area (Å²) in [5.74, 6) is -0.584. The molecule has 0 spiro atoms. The molecule has 0 aliphatic heterocycles. The lowest BCUT2D eigenvalue weighted by atomic mass is 10.4. The van der Waals surface area contributed by atoms with Gasteiger partial charge in [-0.05, 0) is 0 Å². The predicted molar refractivity (Wildman–Crippen MR) is 69.5 cm³/mol. The molecule has 0 unspecified atom stereocenters. The number of imidazole rings is 1. The van der Waals surface area contributed by atoms with Gasteiger partial charge >= 0.3 is 0 Å². The first-order chi connectivity index (χ1) is 9.63. The van der Waals surface area contributed by atoms with Gasteiger partial charge in [0.1, 0.15) is 11.2 Å². The second kappa shape index (κ2) is 4.70. The van der Waals surface area contributed by atoms with Gasteiger partial charge in [-0.15, -0.1) is 0 Å². The minimum absolute atomic E-state index is 0.00685. The Morgan fingerprint density at radius 1 is 1.25 bits per heavy atom. The first-order valence-corrected chi connectivity index (χ1v) is 5.74. The molecule has 1 amide bonds. The summed E-state index contributed by atoms with van der Waals surface area (Å²) in [4.78, 5) is 43.4. The van der Waals surface area contributed by atoms with Crippen molar-refractivity contribution in [2.75, 3.05) is 5.32 Å². The van der Waals surface area contributed by atoms with Crippen LogP contribution in [0.2, 0.25) is 5.15 Å². The minimum Gasteiger partial charge on any atom is -0.341 e. The molecule has 0 saturated carbocycles. The molecule has 0 aliphatic carbocycles. The SMILES string of the molecule is O=C(Nc1nc(Cl)c2[nH]cnc2n1)c1c[nH]c(=O)cn1. The highest BCUT2D eigenvalue weighted by Crippen LogP contribution is 2.18. The number of aromatic amines is 2. The molecule has 3 aromatic rings. The van der Waals surface area contributed by atoms with E-state index in [0.717, 1.165) is 6.20 Å². The average Bonchev–Trinajstić information content (AvgIpc) is 2.88. The molecule has 3 heterocycles. The number of nitrogens with zero attached hydrogens (tertiary/aromatic N) is 4. The van der Waals surface area contributed by atoms with E-state index in [9.17, 15) is 9.59 Å². The number of amides is 1. The zero-order valence-corrected chi connectivity index (χ0v) is 10.5. The van der Waals surface area contributed by atoms with Crippen LogP contribution in [-0.2, 0) is 0 Å². The van der Waals surface area contributed by atoms with Gasteiger partial charge in [0, 0.05) is 6.20 Å². The molecule has 0 saturated heterocycles. The van der Waals surface area contributed by atoms with Crippen LogP contribution in [-0.4, -0.2) is 35.8 Å². The molecule has 0 aliphatic rings. The van der Waals surface area contributed by atoms with Crippen LogP contribution < -0.4 is 10.9 Å². The molecule has 100 valence electrons. The molecule has 0 atom stereocenters. The van der Waals surface area contributed by atoms with Gasteiger partial charge in [0.15, 0.2) is 10.8 Å². The van der Waals surface area contributed by atoms with Crippen molar-refractivity contribution in [3.8, 4) is 0 Å². The Morgan fingerprint density at radius 3 is 2.85 bits per heavy atom. The van der Waals surface area contributed by atoms with Gasteiger partial charge in [0.2, 0.25) is 5.95 Å². The van der Waals surface area contributed by atoms with E-state index in [0.29, 0.717) is 11.2 Å². The normalized spacial score (nSPS) is 10.7. The lowest BCUT2D eigenvalue weighted by molar-refractivity contribution is 0.102. The molecular formula is C10H6ClN7O2. The van der Waals surface area contributed by atoms with Crippen LogP contribution in [0.5, 0.6) is 0 Å². The summed E-state index contributed by atoms with van der Waals surface area (Å²) in [5.41, 5.74) is 0.423. The fourth-order valence-electron chi connectivity index (χ4n) is 1.49. The smallest absolute Gasteiger partial charge is 0.278 e. The number of halogens is 1. The van der Waals surface area contributed by atoms with E-state index in [1.807, 2.05) is 0 Å². The summed E-state index contributed by atoms with van der Waals surface area (Å²) in [7, 11) is 0. The topological polar surface area (TPSA) is 129 Å². The molecule has 20 heavy (non-hydrogen) atoms. The van der Waals surface area contributed by atoms with Crippen molar-refractivity contribution >= 4 is 34.6 Å². The van der Waals surface area contributed by atoms with E-state index < -0.39 is 11.5 Å². The number of hydrogen-bond acceptors (Lipinski definition) is 6. The zero-order valence-electron chi connectivity index (χ0n) is 9.72. The average molecular weight is 292 g/mol. The number of H-pyrrole nitrogens is 2. The third kappa shape index (κ3) is 2.21. The van der Waals surface area contributed by atoms with E-state index in [1.54, 1.807) is 0 Å². The molecule has 0 bridgehead atoms. The van der Waals surface area contributed by atoms with Crippen molar-refractivity contribution in [1.82, 2.24) is 29.9 Å². The van der Waals surface area contributed by atoms with Gasteiger partial charge in [-0.25, -0.2) is 9.97 Å². The monoisotopic (exact) mass is 291 g/mol. The number of fused-ring (bicyclic) bond motifs is 1. The van der Waals surface area contributed by atoms with Crippen LogP contribution >= 0.6 is 11.6 Å². The van der Waals surface area contributed by atoms with E-state index in [4.69, 9.17) is 11.6 Å². The minimum atomic E-state index is -0.577. The van der Waals surface area contributed by atoms with Crippen molar-refractivity contribution in [1.29, 1.82) is 0 Å². The lowest BCUT2D eigenvalue weighted by Gasteiger charge is -2.03. The van der Waals surface area contributed by atoms with Crippen molar-refractivity contribution in [2.45, 2.75) is 0 Å². The summed E-state index contributed by atoms with van der Waals surface area (Å²) in [6.45, 7) is 0. The van der Waals surface area contributed by atoms with Crippen LogP contribution in [0.25, 0.3) is 11.2 Å². The van der Waals surface area contributed by atoms with Crippen LogP contribution in [0.3, 0.4) is 0 Å². The van der Waals surface area contributed by atoms with Crippen LogP contribution in [0.1, 0.15) is 10.5 Å². The van der Waals surface area contributed by atoms with Crippen molar-refractivity contribution in [2.24, 2.45) is 0 Å². The Balaban J connectivity index is 1.90. The maximum absolute atomic E-state index is 11.9. The van der Waals surface area contributed by atoms with Gasteiger partial charge in [-0.1, -0.05) is 11.6 Å². The van der Waals surface area contributed by atoms with E-state index in [1.165, 1.54) is 12.5 Å². The predicted octanol–water partition coefficient (Wildman–Crippen LogP) is 0.342. The number of rotatable bonds is 2. The molecule has 3 aromatic heterocycles. The number of aromatic nitrogens is 6. The first-order valence-electron chi connectivity index (χ1n) is 5.36. The fourth-order valence-corrected chi connectivity index (χ4v) is 1.70. The zero-order chi connectivity index (χ0) is 14.1. The van der Waals surface area contributed by atoms with Crippen LogP contribution in [0.4, 0.5) is 5.95 Å². The fraction of sp³-hybridized carbons (Fsp3) is 0. The highest BCUT2D eigenvalue weighted by atomic mass is 35.5. The second-order valence-electron chi connectivity index (χ2n) is 3.69. The molecule has 0 fully saturated rings. The van der Waals surface area contributed by atoms with Gasteiger partial charge in [-0.3, -0.25) is 14.9 Å². The third-order valence-corrected chi connectivity index (χ3v) is 2.64. The Morgan fingerprint density at radius 2 is 2.10 bits per heavy atom. The van der Waals surface area contributed by atoms with E-state index in [2.05, 4.69) is 35.2 Å². The largest absolute Gasteiger partial charge is 0.341 e. The lowest BCUT2D eigenvalue weighted by Crippen LogP contribution is -2.18. The van der Waals surface area contributed by atoms with Crippen LogP contribution in [0.15, 0.2) is 23.5 Å². The molecule has 3 N–H and O–H groups in total. The van der Waals surface area contributed by atoms with Crippen molar-refractivity contribution in [3.05, 3.63) is 39.9 Å². The Bertz CT molecular complexity index is 836. The number of hydrogen-bond donors (Lipinski definition) is 3. The third-order valence-electron chi connectivity index (χ3n) is 2.37. The number of anilines is 1. The van der Waals surface area contributed by atoms with Gasteiger partial charge in [-0.2, -0.15) is 9.97 Å². The van der Waals surface area contributed by atoms with E-state index in [-0.39, 0.29) is 16.8 Å². The Kier molecular flexibility index (Phi) is 2.88. The van der Waals surface area contributed by atoms with Crippen molar-refractivity contribution in [3.63, 3.8) is 0 Å². The van der Waals surface area contributed by atoms with E-state index >= 15 is 0 Å². The molecule has 0 radical (unpaired) electrons.